The molecule has 1 spiro atoms. The van der Waals surface area contributed by atoms with Crippen molar-refractivity contribution in [3.05, 3.63) is 35.4 Å². The first-order valence-corrected chi connectivity index (χ1v) is 9.57. The highest BCUT2D eigenvalue weighted by Crippen LogP contribution is 2.42. The Bertz CT molecular complexity index is 685. The van der Waals surface area contributed by atoms with Crippen LogP contribution in [0.4, 0.5) is 8.78 Å². The molecular weight excluding hydrogens is 336 g/mol. The lowest BCUT2D eigenvalue weighted by Crippen LogP contribution is -2.55. The Morgan fingerprint density at radius 1 is 1.08 bits per heavy atom. The van der Waals surface area contributed by atoms with Crippen molar-refractivity contribution in [2.24, 2.45) is 0 Å². The average molecular weight is 363 g/mol. The predicted molar refractivity (Wildman–Crippen MR) is 96.3 cm³/mol. The second-order valence-corrected chi connectivity index (χ2v) is 8.06. The molecule has 1 aromatic carbocycles. The summed E-state index contributed by atoms with van der Waals surface area (Å²) in [6, 6.07) is 8.70. The van der Waals surface area contributed by atoms with Crippen molar-refractivity contribution in [1.82, 2.24) is 14.7 Å². The second kappa shape index (κ2) is 6.57. The smallest absolute Gasteiger partial charge is 0.267 e. The van der Waals surface area contributed by atoms with Crippen molar-refractivity contribution < 1.29 is 13.6 Å². The number of likely N-dealkylation sites (N-methyl/N-ethyl adjacent to an activating group) is 1. The molecule has 0 aliphatic carbocycles. The Hall–Kier alpha value is -1.53. The average Bonchev–Trinajstić information content (AvgIpc) is 3.00. The highest BCUT2D eigenvalue weighted by atomic mass is 19.3. The summed E-state index contributed by atoms with van der Waals surface area (Å²) in [7, 11) is 2.20. The van der Waals surface area contributed by atoms with Crippen molar-refractivity contribution >= 4 is 5.91 Å². The van der Waals surface area contributed by atoms with Crippen LogP contribution in [0.15, 0.2) is 24.3 Å². The standard InChI is InChI=1S/C20H27F2N3O/c1-23-10-6-16-4-2-3-5-17(16)19(23)7-11-24(12-8-19)14-18(26)25-13-9-20(21,22)15-25/h2-5H,6-15H2,1H3. The number of halogens is 2. The van der Waals surface area contributed by atoms with Crippen LogP contribution in [0, 0.1) is 0 Å². The van der Waals surface area contributed by atoms with E-state index in [1.54, 1.807) is 0 Å². The summed E-state index contributed by atoms with van der Waals surface area (Å²) >= 11 is 0. The minimum absolute atomic E-state index is 0.0507. The maximum atomic E-state index is 13.3. The van der Waals surface area contributed by atoms with Gasteiger partial charge in [0.1, 0.15) is 0 Å². The summed E-state index contributed by atoms with van der Waals surface area (Å²) in [6.45, 7) is 2.74. The van der Waals surface area contributed by atoms with Crippen LogP contribution in [0.2, 0.25) is 0 Å². The van der Waals surface area contributed by atoms with E-state index >= 15 is 0 Å². The minimum atomic E-state index is -2.71. The molecule has 0 atom stereocenters. The Morgan fingerprint density at radius 3 is 2.50 bits per heavy atom. The molecule has 0 bridgehead atoms. The number of piperidine rings is 1. The number of carbonyl (C=O) groups is 1. The number of alkyl halides is 2. The van der Waals surface area contributed by atoms with Gasteiger partial charge in [0.15, 0.2) is 0 Å². The zero-order chi connectivity index (χ0) is 18.4. The fraction of sp³-hybridized carbons (Fsp3) is 0.650. The van der Waals surface area contributed by atoms with Gasteiger partial charge in [0, 0.05) is 38.1 Å². The number of carbonyl (C=O) groups excluding carboxylic acids is 1. The summed E-state index contributed by atoms with van der Waals surface area (Å²) in [5, 5.41) is 0. The maximum Gasteiger partial charge on any atom is 0.267 e. The monoisotopic (exact) mass is 363 g/mol. The number of rotatable bonds is 2. The van der Waals surface area contributed by atoms with Crippen LogP contribution in [0.3, 0.4) is 0 Å². The molecule has 26 heavy (non-hydrogen) atoms. The van der Waals surface area contributed by atoms with Crippen LogP contribution < -0.4 is 0 Å². The largest absolute Gasteiger partial charge is 0.335 e. The summed E-state index contributed by atoms with van der Waals surface area (Å²) in [6.07, 6.45) is 2.83. The summed E-state index contributed by atoms with van der Waals surface area (Å²) in [5.74, 6) is -2.87. The number of nitrogens with zero attached hydrogens (tertiary/aromatic N) is 3. The van der Waals surface area contributed by atoms with Gasteiger partial charge in [-0.3, -0.25) is 14.6 Å². The van der Waals surface area contributed by atoms with E-state index in [0.717, 1.165) is 38.9 Å². The number of amides is 1. The molecule has 0 radical (unpaired) electrons. The van der Waals surface area contributed by atoms with Gasteiger partial charge in [0.05, 0.1) is 13.1 Å². The Balaban J connectivity index is 1.41. The van der Waals surface area contributed by atoms with Gasteiger partial charge in [0.2, 0.25) is 5.91 Å². The molecule has 3 aliphatic heterocycles. The second-order valence-electron chi connectivity index (χ2n) is 8.06. The molecule has 6 heteroatoms. The fourth-order valence-electron chi connectivity index (χ4n) is 4.87. The summed E-state index contributed by atoms with van der Waals surface area (Å²) < 4.78 is 26.7. The lowest BCUT2D eigenvalue weighted by atomic mass is 9.74. The fourth-order valence-corrected chi connectivity index (χ4v) is 4.87. The molecule has 3 heterocycles. The molecule has 2 saturated heterocycles. The van der Waals surface area contributed by atoms with Gasteiger partial charge in [-0.05, 0) is 37.4 Å². The van der Waals surface area contributed by atoms with Crippen LogP contribution in [0.5, 0.6) is 0 Å². The van der Waals surface area contributed by atoms with E-state index in [-0.39, 0.29) is 31.0 Å². The van der Waals surface area contributed by atoms with Crippen molar-refractivity contribution in [2.45, 2.75) is 37.1 Å². The van der Waals surface area contributed by atoms with Gasteiger partial charge in [-0.25, -0.2) is 8.78 Å². The maximum absolute atomic E-state index is 13.3. The van der Waals surface area contributed by atoms with E-state index in [0.29, 0.717) is 0 Å². The van der Waals surface area contributed by atoms with Gasteiger partial charge >= 0.3 is 0 Å². The highest BCUT2D eigenvalue weighted by molar-refractivity contribution is 5.78. The van der Waals surface area contributed by atoms with Crippen LogP contribution in [-0.4, -0.2) is 72.8 Å². The quantitative estimate of drug-likeness (QED) is 0.807. The van der Waals surface area contributed by atoms with Crippen molar-refractivity contribution in [3.63, 3.8) is 0 Å². The number of fused-ring (bicyclic) bond motifs is 2. The number of hydrogen-bond acceptors (Lipinski definition) is 3. The number of hydrogen-bond donors (Lipinski definition) is 0. The first kappa shape index (κ1) is 17.9. The molecule has 0 saturated carbocycles. The minimum Gasteiger partial charge on any atom is -0.335 e. The van der Waals surface area contributed by atoms with Crippen LogP contribution in [0.1, 0.15) is 30.4 Å². The SMILES string of the molecule is CN1CCc2ccccc2C12CCN(CC(=O)N1CCC(F)(F)C1)CC2. The molecular formula is C20H27F2N3O. The zero-order valence-electron chi connectivity index (χ0n) is 15.4. The Morgan fingerprint density at radius 2 is 1.81 bits per heavy atom. The van der Waals surface area contributed by atoms with Gasteiger partial charge in [-0.15, -0.1) is 0 Å². The topological polar surface area (TPSA) is 26.8 Å². The molecule has 1 amide bonds. The van der Waals surface area contributed by atoms with Crippen molar-refractivity contribution in [3.8, 4) is 0 Å². The zero-order valence-corrected chi connectivity index (χ0v) is 15.4. The molecule has 0 aromatic heterocycles. The third-order valence-corrected chi connectivity index (χ3v) is 6.53. The number of likely N-dealkylation sites (tertiary alicyclic amines) is 2. The van der Waals surface area contributed by atoms with E-state index < -0.39 is 12.5 Å². The molecule has 4 nitrogen and oxygen atoms in total. The van der Waals surface area contributed by atoms with Gasteiger partial charge in [0.25, 0.3) is 5.92 Å². The molecule has 1 aromatic rings. The van der Waals surface area contributed by atoms with Crippen molar-refractivity contribution in [1.29, 1.82) is 0 Å². The van der Waals surface area contributed by atoms with Crippen molar-refractivity contribution in [2.75, 3.05) is 46.3 Å². The van der Waals surface area contributed by atoms with Crippen LogP contribution >= 0.6 is 0 Å². The summed E-state index contributed by atoms with van der Waals surface area (Å²) in [4.78, 5) is 18.3. The molecule has 0 N–H and O–H groups in total. The lowest BCUT2D eigenvalue weighted by molar-refractivity contribution is -0.133. The van der Waals surface area contributed by atoms with Crippen LogP contribution in [0.25, 0.3) is 0 Å². The number of benzene rings is 1. The van der Waals surface area contributed by atoms with Crippen LogP contribution in [-0.2, 0) is 16.8 Å². The van der Waals surface area contributed by atoms with E-state index in [9.17, 15) is 13.6 Å². The van der Waals surface area contributed by atoms with E-state index in [4.69, 9.17) is 0 Å². The molecule has 2 fully saturated rings. The normalized spacial score (nSPS) is 25.4. The third kappa shape index (κ3) is 3.14. The Labute approximate surface area is 153 Å². The first-order valence-electron chi connectivity index (χ1n) is 9.57. The third-order valence-electron chi connectivity index (χ3n) is 6.53. The highest BCUT2D eigenvalue weighted by Gasteiger charge is 2.44. The Kier molecular flexibility index (Phi) is 4.51. The predicted octanol–water partition coefficient (Wildman–Crippen LogP) is 2.33. The molecule has 4 rings (SSSR count). The lowest BCUT2D eigenvalue weighted by Gasteiger charge is -2.51. The van der Waals surface area contributed by atoms with E-state index in [2.05, 4.69) is 41.1 Å². The van der Waals surface area contributed by atoms with Gasteiger partial charge in [-0.1, -0.05) is 24.3 Å². The summed E-state index contributed by atoms with van der Waals surface area (Å²) in [5.41, 5.74) is 2.92. The van der Waals surface area contributed by atoms with E-state index in [1.807, 2.05) is 0 Å². The van der Waals surface area contributed by atoms with Gasteiger partial charge in [-0.2, -0.15) is 0 Å². The van der Waals surface area contributed by atoms with Gasteiger partial charge < -0.3 is 4.90 Å². The molecule has 3 aliphatic rings. The molecule has 142 valence electrons. The first-order chi connectivity index (χ1) is 12.4. The molecule has 0 unspecified atom stereocenters. The van der Waals surface area contributed by atoms with E-state index in [1.165, 1.54) is 16.0 Å².